The van der Waals surface area contributed by atoms with Gasteiger partial charge < -0.3 is 10.4 Å². The van der Waals surface area contributed by atoms with Crippen molar-refractivity contribution in [3.8, 4) is 0 Å². The van der Waals surface area contributed by atoms with Crippen molar-refractivity contribution in [1.29, 1.82) is 0 Å². The van der Waals surface area contributed by atoms with Crippen molar-refractivity contribution in [1.82, 2.24) is 0 Å². The standard InChI is InChI=1S/C14H9F2NO2/c15-10-6-5-8(7-11(10)16)14(19)9-3-1-2-4-12(9)17-13(14)18/h1-7,19H,(H,17,18). The molecule has 3 nitrogen and oxygen atoms in total. The fourth-order valence-electron chi connectivity index (χ4n) is 2.25. The number of para-hydroxylation sites is 1. The number of benzene rings is 2. The second kappa shape index (κ2) is 3.86. The van der Waals surface area contributed by atoms with Gasteiger partial charge in [0.25, 0.3) is 5.91 Å². The van der Waals surface area contributed by atoms with E-state index in [0.717, 1.165) is 12.1 Å². The normalized spacial score (nSPS) is 21.1. The number of hydrogen-bond acceptors (Lipinski definition) is 2. The van der Waals surface area contributed by atoms with Crippen LogP contribution in [0.5, 0.6) is 0 Å². The predicted octanol–water partition coefficient (Wildman–Crippen LogP) is 2.15. The highest BCUT2D eigenvalue weighted by molar-refractivity contribution is 6.07. The molecular formula is C14H9F2NO2. The van der Waals surface area contributed by atoms with Crippen molar-refractivity contribution in [3.63, 3.8) is 0 Å². The van der Waals surface area contributed by atoms with Crippen LogP contribution in [0.2, 0.25) is 0 Å². The Bertz CT molecular complexity index is 687. The molecule has 0 radical (unpaired) electrons. The molecule has 2 N–H and O–H groups in total. The van der Waals surface area contributed by atoms with Crippen LogP contribution in [0.3, 0.4) is 0 Å². The minimum absolute atomic E-state index is 0.00569. The molecule has 0 aliphatic carbocycles. The Balaban J connectivity index is 2.22. The summed E-state index contributed by atoms with van der Waals surface area (Å²) in [4.78, 5) is 12.0. The number of nitrogens with one attached hydrogen (secondary N) is 1. The number of aliphatic hydroxyl groups is 1. The summed E-state index contributed by atoms with van der Waals surface area (Å²) in [5.74, 6) is -2.82. The third-order valence-corrected chi connectivity index (χ3v) is 3.23. The maximum absolute atomic E-state index is 13.3. The van der Waals surface area contributed by atoms with Gasteiger partial charge in [-0.15, -0.1) is 0 Å². The number of carbonyl (C=O) groups excluding carboxylic acids is 1. The van der Waals surface area contributed by atoms with Gasteiger partial charge in [0, 0.05) is 16.8 Å². The summed E-state index contributed by atoms with van der Waals surface area (Å²) in [7, 11) is 0. The quantitative estimate of drug-likeness (QED) is 0.826. The van der Waals surface area contributed by atoms with E-state index in [9.17, 15) is 18.7 Å². The summed E-state index contributed by atoms with van der Waals surface area (Å²) in [5.41, 5.74) is -1.22. The van der Waals surface area contributed by atoms with E-state index < -0.39 is 23.1 Å². The molecule has 5 heteroatoms. The largest absolute Gasteiger partial charge is 0.372 e. The lowest BCUT2D eigenvalue weighted by atomic mass is 9.87. The van der Waals surface area contributed by atoms with Gasteiger partial charge in [0.15, 0.2) is 17.2 Å². The Kier molecular flexibility index (Phi) is 2.40. The molecule has 0 saturated carbocycles. The highest BCUT2D eigenvalue weighted by atomic mass is 19.2. The first-order valence-corrected chi connectivity index (χ1v) is 5.62. The number of fused-ring (bicyclic) bond motifs is 1. The van der Waals surface area contributed by atoms with Crippen molar-refractivity contribution >= 4 is 11.6 Å². The maximum Gasteiger partial charge on any atom is 0.265 e. The number of hydrogen-bond donors (Lipinski definition) is 2. The Morgan fingerprint density at radius 3 is 2.53 bits per heavy atom. The molecule has 1 heterocycles. The molecule has 1 unspecified atom stereocenters. The van der Waals surface area contributed by atoms with Gasteiger partial charge in [0.1, 0.15) is 0 Å². The third-order valence-electron chi connectivity index (χ3n) is 3.23. The summed E-state index contributed by atoms with van der Waals surface area (Å²) in [6, 6.07) is 9.47. The topological polar surface area (TPSA) is 49.3 Å². The van der Waals surface area contributed by atoms with E-state index in [0.29, 0.717) is 11.3 Å². The summed E-state index contributed by atoms with van der Waals surface area (Å²) in [6.07, 6.45) is 0. The lowest BCUT2D eigenvalue weighted by Crippen LogP contribution is -2.35. The molecule has 0 spiro atoms. The minimum atomic E-state index is -1.99. The molecule has 1 atom stereocenters. The van der Waals surface area contributed by atoms with Crippen molar-refractivity contribution in [2.75, 3.05) is 5.32 Å². The molecule has 1 aliphatic heterocycles. The Morgan fingerprint density at radius 1 is 1.05 bits per heavy atom. The van der Waals surface area contributed by atoms with Crippen LogP contribution in [-0.4, -0.2) is 11.0 Å². The zero-order valence-corrected chi connectivity index (χ0v) is 9.65. The maximum atomic E-state index is 13.3. The molecule has 0 bridgehead atoms. The lowest BCUT2D eigenvalue weighted by Gasteiger charge is -2.21. The first-order valence-electron chi connectivity index (χ1n) is 5.62. The van der Waals surface area contributed by atoms with E-state index in [2.05, 4.69) is 5.32 Å². The van der Waals surface area contributed by atoms with E-state index in [1.807, 2.05) is 0 Å². The van der Waals surface area contributed by atoms with Crippen LogP contribution in [0.1, 0.15) is 11.1 Å². The summed E-state index contributed by atoms with van der Waals surface area (Å²) in [6.45, 7) is 0. The van der Waals surface area contributed by atoms with Crippen molar-refractivity contribution in [2.45, 2.75) is 5.60 Å². The van der Waals surface area contributed by atoms with Gasteiger partial charge in [-0.05, 0) is 18.2 Å². The van der Waals surface area contributed by atoms with Crippen LogP contribution < -0.4 is 5.32 Å². The molecule has 2 aromatic rings. The summed E-state index contributed by atoms with van der Waals surface area (Å²) in [5, 5.41) is 13.1. The summed E-state index contributed by atoms with van der Waals surface area (Å²) < 4.78 is 26.2. The second-order valence-electron chi connectivity index (χ2n) is 4.34. The zero-order valence-electron chi connectivity index (χ0n) is 9.65. The summed E-state index contributed by atoms with van der Waals surface area (Å²) >= 11 is 0. The van der Waals surface area contributed by atoms with Crippen molar-refractivity contribution in [2.24, 2.45) is 0 Å². The number of halogens is 2. The Morgan fingerprint density at radius 2 is 1.79 bits per heavy atom. The van der Waals surface area contributed by atoms with Gasteiger partial charge in [-0.2, -0.15) is 0 Å². The highest BCUT2D eigenvalue weighted by Gasteiger charge is 2.46. The van der Waals surface area contributed by atoms with Crippen LogP contribution in [0.4, 0.5) is 14.5 Å². The Hall–Kier alpha value is -2.27. The van der Waals surface area contributed by atoms with Gasteiger partial charge in [-0.3, -0.25) is 4.79 Å². The fraction of sp³-hybridized carbons (Fsp3) is 0.0714. The van der Waals surface area contributed by atoms with Gasteiger partial charge in [-0.25, -0.2) is 8.78 Å². The molecular weight excluding hydrogens is 252 g/mol. The molecule has 2 aromatic carbocycles. The van der Waals surface area contributed by atoms with Crippen molar-refractivity contribution in [3.05, 3.63) is 65.2 Å². The van der Waals surface area contributed by atoms with Gasteiger partial charge in [0.05, 0.1) is 0 Å². The molecule has 0 fully saturated rings. The van der Waals surface area contributed by atoms with Crippen LogP contribution >= 0.6 is 0 Å². The smallest absolute Gasteiger partial charge is 0.265 e. The van der Waals surface area contributed by atoms with E-state index in [1.165, 1.54) is 6.07 Å². The van der Waals surface area contributed by atoms with Crippen molar-refractivity contribution < 1.29 is 18.7 Å². The number of anilines is 1. The van der Waals surface area contributed by atoms with E-state index >= 15 is 0 Å². The zero-order chi connectivity index (χ0) is 13.6. The highest BCUT2D eigenvalue weighted by Crippen LogP contribution is 2.40. The van der Waals surface area contributed by atoms with Crippen LogP contribution in [0.25, 0.3) is 0 Å². The minimum Gasteiger partial charge on any atom is -0.372 e. The number of amides is 1. The van der Waals surface area contributed by atoms with Gasteiger partial charge in [0.2, 0.25) is 0 Å². The SMILES string of the molecule is O=C1Nc2ccccc2C1(O)c1ccc(F)c(F)c1. The lowest BCUT2D eigenvalue weighted by molar-refractivity contribution is -0.129. The molecule has 3 rings (SSSR count). The first kappa shape index (κ1) is 11.8. The van der Waals surface area contributed by atoms with E-state index in [-0.39, 0.29) is 5.56 Å². The number of rotatable bonds is 1. The first-order chi connectivity index (χ1) is 9.03. The van der Waals surface area contributed by atoms with E-state index in [4.69, 9.17) is 0 Å². The third kappa shape index (κ3) is 1.55. The molecule has 19 heavy (non-hydrogen) atoms. The number of carbonyl (C=O) groups is 1. The Labute approximate surface area is 107 Å². The fourth-order valence-corrected chi connectivity index (χ4v) is 2.25. The molecule has 1 amide bonds. The van der Waals surface area contributed by atoms with Gasteiger partial charge in [-0.1, -0.05) is 24.3 Å². The molecule has 1 aliphatic rings. The average molecular weight is 261 g/mol. The molecule has 0 saturated heterocycles. The second-order valence-corrected chi connectivity index (χ2v) is 4.34. The molecule has 96 valence electrons. The van der Waals surface area contributed by atoms with Crippen LogP contribution in [-0.2, 0) is 10.4 Å². The average Bonchev–Trinajstić information content (AvgIpc) is 2.66. The van der Waals surface area contributed by atoms with Crippen LogP contribution in [0.15, 0.2) is 42.5 Å². The van der Waals surface area contributed by atoms with Gasteiger partial charge >= 0.3 is 0 Å². The molecule has 0 aromatic heterocycles. The van der Waals surface area contributed by atoms with E-state index in [1.54, 1.807) is 24.3 Å². The van der Waals surface area contributed by atoms with Crippen LogP contribution in [0, 0.1) is 11.6 Å². The predicted molar refractivity (Wildman–Crippen MR) is 64.4 cm³/mol. The monoisotopic (exact) mass is 261 g/mol.